The van der Waals surface area contributed by atoms with Gasteiger partial charge >= 0.3 is 0 Å². The van der Waals surface area contributed by atoms with E-state index < -0.39 is 0 Å². The molecule has 0 aliphatic carbocycles. The van der Waals surface area contributed by atoms with Crippen molar-refractivity contribution in [1.82, 2.24) is 4.57 Å². The van der Waals surface area contributed by atoms with Crippen molar-refractivity contribution in [3.05, 3.63) is 88.0 Å². The minimum absolute atomic E-state index is 0.107. The second-order valence-corrected chi connectivity index (χ2v) is 6.22. The maximum atomic E-state index is 10.7. The molecule has 0 N–H and O–H groups in total. The molecule has 0 saturated heterocycles. The Morgan fingerprint density at radius 3 is 2.27 bits per heavy atom. The van der Waals surface area contributed by atoms with Crippen LogP contribution in [-0.2, 0) is 6.54 Å². The number of nitro benzene ring substituents is 1. The van der Waals surface area contributed by atoms with E-state index in [0.717, 1.165) is 17.7 Å². The van der Waals surface area contributed by atoms with Crippen LogP contribution in [0.2, 0.25) is 0 Å². The SMILES string of the molecule is CCn1c2ccccc2c2cc(/C=C/c3ccc([N+](=O)[O-])cc3)ccc21. The Morgan fingerprint density at radius 2 is 1.54 bits per heavy atom. The zero-order valence-corrected chi connectivity index (χ0v) is 14.4. The Labute approximate surface area is 151 Å². The second kappa shape index (κ2) is 6.48. The molecule has 0 radical (unpaired) electrons. The summed E-state index contributed by atoms with van der Waals surface area (Å²) in [4.78, 5) is 10.4. The second-order valence-electron chi connectivity index (χ2n) is 6.22. The average Bonchev–Trinajstić information content (AvgIpc) is 2.99. The summed E-state index contributed by atoms with van der Waals surface area (Å²) < 4.78 is 2.33. The number of hydrogen-bond acceptors (Lipinski definition) is 2. The summed E-state index contributed by atoms with van der Waals surface area (Å²) in [6.45, 7) is 3.09. The highest BCUT2D eigenvalue weighted by atomic mass is 16.6. The van der Waals surface area contributed by atoms with Gasteiger partial charge in [0.2, 0.25) is 0 Å². The van der Waals surface area contributed by atoms with Gasteiger partial charge in [-0.05, 0) is 48.4 Å². The van der Waals surface area contributed by atoms with Crippen molar-refractivity contribution in [3.8, 4) is 0 Å². The topological polar surface area (TPSA) is 48.1 Å². The van der Waals surface area contributed by atoms with E-state index in [4.69, 9.17) is 0 Å². The van der Waals surface area contributed by atoms with E-state index >= 15 is 0 Å². The Balaban J connectivity index is 1.73. The molecule has 1 aromatic heterocycles. The molecule has 0 unspecified atom stereocenters. The Hall–Kier alpha value is -3.40. The van der Waals surface area contributed by atoms with Crippen LogP contribution in [0.4, 0.5) is 5.69 Å². The molecular weight excluding hydrogens is 324 g/mol. The van der Waals surface area contributed by atoms with Crippen molar-refractivity contribution in [2.75, 3.05) is 0 Å². The minimum Gasteiger partial charge on any atom is -0.341 e. The molecule has 3 aromatic carbocycles. The predicted octanol–water partition coefficient (Wildman–Crippen LogP) is 5.89. The van der Waals surface area contributed by atoms with Gasteiger partial charge in [-0.1, -0.05) is 36.4 Å². The average molecular weight is 342 g/mol. The molecule has 0 spiro atoms. The fourth-order valence-corrected chi connectivity index (χ4v) is 3.42. The number of benzene rings is 3. The van der Waals surface area contributed by atoms with Crippen LogP contribution in [0.15, 0.2) is 66.7 Å². The quantitative estimate of drug-likeness (QED) is 0.264. The first-order chi connectivity index (χ1) is 12.7. The Morgan fingerprint density at radius 1 is 0.885 bits per heavy atom. The van der Waals surface area contributed by atoms with E-state index in [0.29, 0.717) is 0 Å². The third kappa shape index (κ3) is 2.75. The molecule has 4 rings (SSSR count). The molecule has 0 aliphatic rings. The summed E-state index contributed by atoms with van der Waals surface area (Å²) in [6, 6.07) is 21.5. The standard InChI is InChI=1S/C22H18N2O2/c1-2-23-21-6-4-3-5-19(21)20-15-17(11-14-22(20)23)8-7-16-9-12-18(13-10-16)24(25)26/h3-15H,2H2,1H3/b8-7+. The van der Waals surface area contributed by atoms with Crippen LogP contribution < -0.4 is 0 Å². The number of para-hydroxylation sites is 1. The zero-order chi connectivity index (χ0) is 18.1. The predicted molar refractivity (Wildman–Crippen MR) is 107 cm³/mol. The molecule has 4 aromatic rings. The zero-order valence-electron chi connectivity index (χ0n) is 14.4. The number of rotatable bonds is 4. The van der Waals surface area contributed by atoms with E-state index in [2.05, 4.69) is 54.0 Å². The number of aromatic nitrogens is 1. The molecular formula is C22H18N2O2. The number of nitrogens with zero attached hydrogens (tertiary/aromatic N) is 2. The van der Waals surface area contributed by atoms with Crippen LogP contribution >= 0.6 is 0 Å². The highest BCUT2D eigenvalue weighted by Gasteiger charge is 2.09. The number of aryl methyl sites for hydroxylation is 1. The lowest BCUT2D eigenvalue weighted by Gasteiger charge is -2.02. The van der Waals surface area contributed by atoms with Crippen LogP contribution in [0.25, 0.3) is 34.0 Å². The lowest BCUT2D eigenvalue weighted by atomic mass is 10.1. The van der Waals surface area contributed by atoms with Crippen LogP contribution in [0.1, 0.15) is 18.1 Å². The van der Waals surface area contributed by atoms with Crippen molar-refractivity contribution < 1.29 is 4.92 Å². The van der Waals surface area contributed by atoms with Gasteiger partial charge in [0.25, 0.3) is 5.69 Å². The number of non-ortho nitro benzene ring substituents is 1. The first-order valence-electron chi connectivity index (χ1n) is 8.61. The molecule has 26 heavy (non-hydrogen) atoms. The number of fused-ring (bicyclic) bond motifs is 3. The van der Waals surface area contributed by atoms with Crippen molar-refractivity contribution in [2.24, 2.45) is 0 Å². The van der Waals surface area contributed by atoms with Crippen LogP contribution in [-0.4, -0.2) is 9.49 Å². The highest BCUT2D eigenvalue weighted by Crippen LogP contribution is 2.30. The van der Waals surface area contributed by atoms with Gasteiger partial charge in [0.1, 0.15) is 0 Å². The van der Waals surface area contributed by atoms with Crippen molar-refractivity contribution >= 4 is 39.6 Å². The molecule has 0 amide bonds. The smallest absolute Gasteiger partial charge is 0.269 e. The number of hydrogen-bond donors (Lipinski definition) is 0. The molecule has 0 aliphatic heterocycles. The van der Waals surface area contributed by atoms with Gasteiger partial charge in [0, 0.05) is 40.5 Å². The van der Waals surface area contributed by atoms with Crippen molar-refractivity contribution in [2.45, 2.75) is 13.5 Å². The normalized spacial score (nSPS) is 11.6. The Bertz CT molecular complexity index is 1140. The monoisotopic (exact) mass is 342 g/mol. The fourth-order valence-electron chi connectivity index (χ4n) is 3.42. The van der Waals surface area contributed by atoms with Crippen LogP contribution in [0.5, 0.6) is 0 Å². The van der Waals surface area contributed by atoms with Gasteiger partial charge in [-0.25, -0.2) is 0 Å². The first-order valence-corrected chi connectivity index (χ1v) is 8.61. The third-order valence-corrected chi connectivity index (χ3v) is 4.68. The summed E-state index contributed by atoms with van der Waals surface area (Å²) in [6.07, 6.45) is 4.02. The highest BCUT2D eigenvalue weighted by molar-refractivity contribution is 6.08. The van der Waals surface area contributed by atoms with Gasteiger partial charge in [0.05, 0.1) is 4.92 Å². The number of nitro groups is 1. The van der Waals surface area contributed by atoms with Gasteiger partial charge in [-0.3, -0.25) is 10.1 Å². The van der Waals surface area contributed by atoms with E-state index in [1.54, 1.807) is 12.1 Å². The van der Waals surface area contributed by atoms with Gasteiger partial charge in [0.15, 0.2) is 0 Å². The lowest BCUT2D eigenvalue weighted by molar-refractivity contribution is -0.384. The molecule has 0 atom stereocenters. The van der Waals surface area contributed by atoms with Crippen LogP contribution in [0.3, 0.4) is 0 Å². The molecule has 4 heteroatoms. The molecule has 0 bridgehead atoms. The van der Waals surface area contributed by atoms with E-state index in [-0.39, 0.29) is 10.6 Å². The molecule has 0 saturated carbocycles. The summed E-state index contributed by atoms with van der Waals surface area (Å²) >= 11 is 0. The van der Waals surface area contributed by atoms with Crippen molar-refractivity contribution in [3.63, 3.8) is 0 Å². The molecule has 4 nitrogen and oxygen atoms in total. The summed E-state index contributed by atoms with van der Waals surface area (Å²) in [5.74, 6) is 0. The maximum Gasteiger partial charge on any atom is 0.269 e. The molecule has 128 valence electrons. The fraction of sp³-hybridized carbons (Fsp3) is 0.0909. The van der Waals surface area contributed by atoms with E-state index in [1.165, 1.54) is 33.9 Å². The molecule has 0 fully saturated rings. The maximum absolute atomic E-state index is 10.7. The van der Waals surface area contributed by atoms with Crippen molar-refractivity contribution in [1.29, 1.82) is 0 Å². The van der Waals surface area contributed by atoms with Gasteiger partial charge < -0.3 is 4.57 Å². The minimum atomic E-state index is -0.384. The summed E-state index contributed by atoms with van der Waals surface area (Å²) in [5, 5.41) is 13.2. The van der Waals surface area contributed by atoms with Gasteiger partial charge in [-0.2, -0.15) is 0 Å². The Kier molecular flexibility index (Phi) is 4.01. The summed E-state index contributed by atoms with van der Waals surface area (Å²) in [5.41, 5.74) is 4.64. The van der Waals surface area contributed by atoms with Gasteiger partial charge in [-0.15, -0.1) is 0 Å². The lowest BCUT2D eigenvalue weighted by Crippen LogP contribution is -1.92. The van der Waals surface area contributed by atoms with E-state index in [9.17, 15) is 10.1 Å². The van der Waals surface area contributed by atoms with Crippen LogP contribution in [0, 0.1) is 10.1 Å². The summed E-state index contributed by atoms with van der Waals surface area (Å²) in [7, 11) is 0. The molecule has 1 heterocycles. The first kappa shape index (κ1) is 16.1. The third-order valence-electron chi connectivity index (χ3n) is 4.68. The van der Waals surface area contributed by atoms with E-state index in [1.807, 2.05) is 12.2 Å². The largest absolute Gasteiger partial charge is 0.341 e.